The topological polar surface area (TPSA) is 62.3 Å². The van der Waals surface area contributed by atoms with Crippen molar-refractivity contribution in [2.24, 2.45) is 0 Å². The van der Waals surface area contributed by atoms with Gasteiger partial charge in [-0.05, 0) is 44.5 Å². The highest BCUT2D eigenvalue weighted by atomic mass is 32.2. The molecule has 0 aromatic carbocycles. The Hall–Kier alpha value is -0.980. The lowest BCUT2D eigenvalue weighted by Crippen LogP contribution is -2.29. The Bertz CT molecular complexity index is 463. The highest BCUT2D eigenvalue weighted by Crippen LogP contribution is 2.07. The number of pyridine rings is 1. The summed E-state index contributed by atoms with van der Waals surface area (Å²) in [4.78, 5) is 4.15. The van der Waals surface area contributed by atoms with Gasteiger partial charge >= 0.3 is 0 Å². The number of nitrogens with one attached hydrogen (secondary N) is 1. The van der Waals surface area contributed by atoms with Crippen molar-refractivity contribution in [3.8, 4) is 0 Å². The summed E-state index contributed by atoms with van der Waals surface area (Å²) in [5, 5.41) is 3.27. The van der Waals surface area contributed by atoms with Crippen molar-refractivity contribution in [1.82, 2.24) is 14.6 Å². The van der Waals surface area contributed by atoms with Gasteiger partial charge in [-0.1, -0.05) is 13.0 Å². The molecule has 0 amide bonds. The van der Waals surface area contributed by atoms with Gasteiger partial charge in [0.05, 0.1) is 18.0 Å². The molecule has 0 atom stereocenters. The van der Waals surface area contributed by atoms with Gasteiger partial charge in [-0.2, -0.15) is 4.31 Å². The zero-order valence-electron chi connectivity index (χ0n) is 12.4. The highest BCUT2D eigenvalue weighted by Gasteiger charge is 2.17. The molecule has 0 spiro atoms. The van der Waals surface area contributed by atoms with Crippen molar-refractivity contribution in [3.05, 3.63) is 30.1 Å². The maximum Gasteiger partial charge on any atom is 0.214 e. The first kappa shape index (κ1) is 17.1. The van der Waals surface area contributed by atoms with Crippen LogP contribution in [0.25, 0.3) is 0 Å². The number of nitrogens with zero attached hydrogens (tertiary/aromatic N) is 2. The van der Waals surface area contributed by atoms with Gasteiger partial charge in [-0.25, -0.2) is 8.42 Å². The molecular weight excluding hydrogens is 274 g/mol. The first-order valence-electron chi connectivity index (χ1n) is 7.11. The van der Waals surface area contributed by atoms with Crippen molar-refractivity contribution < 1.29 is 8.42 Å². The number of hydrogen-bond donors (Lipinski definition) is 1. The van der Waals surface area contributed by atoms with E-state index in [1.165, 1.54) is 4.31 Å². The number of sulfonamides is 1. The van der Waals surface area contributed by atoms with Gasteiger partial charge in [0.15, 0.2) is 0 Å². The van der Waals surface area contributed by atoms with Gasteiger partial charge in [0.1, 0.15) is 0 Å². The zero-order chi connectivity index (χ0) is 14.8. The average Bonchev–Trinajstić information content (AvgIpc) is 2.43. The smallest absolute Gasteiger partial charge is 0.214 e. The largest absolute Gasteiger partial charge is 0.317 e. The maximum absolute atomic E-state index is 12.1. The lowest BCUT2D eigenvalue weighted by Gasteiger charge is -2.16. The fraction of sp³-hybridized carbons (Fsp3) is 0.643. The fourth-order valence-corrected chi connectivity index (χ4v) is 3.02. The molecule has 5 nitrogen and oxygen atoms in total. The molecule has 0 radical (unpaired) electrons. The van der Waals surface area contributed by atoms with Crippen LogP contribution in [-0.4, -0.2) is 43.6 Å². The fourth-order valence-electron chi connectivity index (χ4n) is 1.81. The summed E-state index contributed by atoms with van der Waals surface area (Å²) < 4.78 is 25.6. The molecule has 0 aliphatic carbocycles. The molecule has 114 valence electrons. The van der Waals surface area contributed by atoms with E-state index in [-0.39, 0.29) is 5.75 Å². The van der Waals surface area contributed by atoms with Crippen molar-refractivity contribution >= 4 is 10.0 Å². The van der Waals surface area contributed by atoms with Crippen LogP contribution in [0.4, 0.5) is 0 Å². The molecule has 1 heterocycles. The van der Waals surface area contributed by atoms with E-state index in [0.717, 1.165) is 31.6 Å². The van der Waals surface area contributed by atoms with Gasteiger partial charge < -0.3 is 5.32 Å². The van der Waals surface area contributed by atoms with Crippen LogP contribution in [0.3, 0.4) is 0 Å². The van der Waals surface area contributed by atoms with Crippen LogP contribution in [-0.2, 0) is 16.6 Å². The summed E-state index contributed by atoms with van der Waals surface area (Å²) in [5.41, 5.74) is 0.767. The van der Waals surface area contributed by atoms with E-state index < -0.39 is 10.0 Å². The van der Waals surface area contributed by atoms with Crippen LogP contribution < -0.4 is 5.32 Å². The molecule has 0 aliphatic rings. The van der Waals surface area contributed by atoms with E-state index in [1.54, 1.807) is 13.2 Å². The van der Waals surface area contributed by atoms with E-state index >= 15 is 0 Å². The van der Waals surface area contributed by atoms with Crippen molar-refractivity contribution in [2.45, 2.75) is 32.7 Å². The Balaban J connectivity index is 2.32. The normalized spacial score (nSPS) is 11.9. The Kier molecular flexibility index (Phi) is 7.72. The Morgan fingerprint density at radius 2 is 2.05 bits per heavy atom. The minimum absolute atomic E-state index is 0.199. The van der Waals surface area contributed by atoms with E-state index in [2.05, 4.69) is 17.2 Å². The molecule has 0 aliphatic heterocycles. The van der Waals surface area contributed by atoms with Crippen LogP contribution in [0.1, 0.15) is 31.9 Å². The summed E-state index contributed by atoms with van der Waals surface area (Å²) in [6, 6.07) is 5.52. The first-order chi connectivity index (χ1) is 9.56. The van der Waals surface area contributed by atoms with Gasteiger partial charge in [-0.15, -0.1) is 0 Å². The first-order valence-corrected chi connectivity index (χ1v) is 8.72. The van der Waals surface area contributed by atoms with Crippen LogP contribution in [0.2, 0.25) is 0 Å². The maximum atomic E-state index is 12.1. The molecule has 6 heteroatoms. The molecule has 1 aromatic rings. The Labute approximate surface area is 122 Å². The van der Waals surface area contributed by atoms with E-state index in [4.69, 9.17) is 0 Å². The van der Waals surface area contributed by atoms with E-state index in [9.17, 15) is 8.42 Å². The second-order valence-corrected chi connectivity index (χ2v) is 7.05. The third-order valence-electron chi connectivity index (χ3n) is 3.02. The summed E-state index contributed by atoms with van der Waals surface area (Å²) >= 11 is 0. The molecule has 0 bridgehead atoms. The van der Waals surface area contributed by atoms with E-state index in [1.807, 2.05) is 18.2 Å². The molecule has 0 unspecified atom stereocenters. The Morgan fingerprint density at radius 1 is 1.25 bits per heavy atom. The standard InChI is InChI=1S/C14H25N3O2S/c1-3-9-15-10-6-7-12-20(18,19)17(2)13-14-8-4-5-11-16-14/h4-5,8,11,15H,3,6-7,9-10,12-13H2,1-2H3. The average molecular weight is 299 g/mol. The predicted octanol–water partition coefficient (Wildman–Crippen LogP) is 1.62. The SMILES string of the molecule is CCCNCCCCS(=O)(=O)N(C)Cc1ccccn1. The van der Waals surface area contributed by atoms with Gasteiger partial charge in [-0.3, -0.25) is 4.98 Å². The lowest BCUT2D eigenvalue weighted by molar-refractivity contribution is 0.459. The number of unbranched alkanes of at least 4 members (excludes halogenated alkanes) is 1. The minimum Gasteiger partial charge on any atom is -0.317 e. The highest BCUT2D eigenvalue weighted by molar-refractivity contribution is 7.89. The summed E-state index contributed by atoms with van der Waals surface area (Å²) in [6.45, 7) is 4.32. The zero-order valence-corrected chi connectivity index (χ0v) is 13.2. The van der Waals surface area contributed by atoms with Crippen LogP contribution in [0.5, 0.6) is 0 Å². The molecule has 0 fully saturated rings. The second-order valence-electron chi connectivity index (χ2n) is 4.85. The van der Waals surface area contributed by atoms with Gasteiger partial charge in [0.25, 0.3) is 0 Å². The predicted molar refractivity (Wildman–Crippen MR) is 81.9 cm³/mol. The molecule has 0 saturated heterocycles. The van der Waals surface area contributed by atoms with Crippen LogP contribution >= 0.6 is 0 Å². The van der Waals surface area contributed by atoms with Crippen LogP contribution in [0.15, 0.2) is 24.4 Å². The molecular formula is C14H25N3O2S. The Morgan fingerprint density at radius 3 is 2.70 bits per heavy atom. The molecule has 0 saturated carbocycles. The monoisotopic (exact) mass is 299 g/mol. The quantitative estimate of drug-likeness (QED) is 0.667. The summed E-state index contributed by atoms with van der Waals surface area (Å²) in [5.74, 6) is 0.199. The van der Waals surface area contributed by atoms with Gasteiger partial charge in [0, 0.05) is 13.2 Å². The third kappa shape index (κ3) is 6.45. The molecule has 1 N–H and O–H groups in total. The molecule has 20 heavy (non-hydrogen) atoms. The molecule has 1 rings (SSSR count). The lowest BCUT2D eigenvalue weighted by atomic mass is 10.3. The minimum atomic E-state index is -3.19. The van der Waals surface area contributed by atoms with Crippen LogP contribution in [0, 0.1) is 0 Å². The molecule has 1 aromatic heterocycles. The van der Waals surface area contributed by atoms with E-state index in [0.29, 0.717) is 13.0 Å². The van der Waals surface area contributed by atoms with Gasteiger partial charge in [0.2, 0.25) is 10.0 Å². The van der Waals surface area contributed by atoms with Crippen molar-refractivity contribution in [1.29, 1.82) is 0 Å². The third-order valence-corrected chi connectivity index (χ3v) is 4.90. The van der Waals surface area contributed by atoms with Crippen molar-refractivity contribution in [2.75, 3.05) is 25.9 Å². The van der Waals surface area contributed by atoms with Crippen molar-refractivity contribution in [3.63, 3.8) is 0 Å². The number of aromatic nitrogens is 1. The second kappa shape index (κ2) is 9.05. The number of hydrogen-bond acceptors (Lipinski definition) is 4. The summed E-state index contributed by atoms with van der Waals surface area (Å²) in [6.07, 6.45) is 4.35. The summed E-state index contributed by atoms with van der Waals surface area (Å²) in [7, 11) is -1.58. The number of rotatable bonds is 10.